The summed E-state index contributed by atoms with van der Waals surface area (Å²) < 4.78 is 18.0. The van der Waals surface area contributed by atoms with Crippen LogP contribution >= 0.6 is 11.6 Å². The lowest BCUT2D eigenvalue weighted by molar-refractivity contribution is -0.118. The number of carbonyl (C=O) groups excluding carboxylic acids is 1. The van der Waals surface area contributed by atoms with Gasteiger partial charge in [0.2, 0.25) is 0 Å². The summed E-state index contributed by atoms with van der Waals surface area (Å²) in [6.45, 7) is 3.56. The van der Waals surface area contributed by atoms with Gasteiger partial charge in [-0.15, -0.1) is 0 Å². The van der Waals surface area contributed by atoms with E-state index in [4.69, 9.17) is 23.2 Å². The van der Waals surface area contributed by atoms with Crippen LogP contribution in [0.25, 0.3) is 11.2 Å². The van der Waals surface area contributed by atoms with E-state index in [1.165, 1.54) is 46.4 Å². The third-order valence-corrected chi connectivity index (χ3v) is 6.64. The van der Waals surface area contributed by atoms with Crippen molar-refractivity contribution in [2.24, 2.45) is 11.6 Å². The highest BCUT2D eigenvalue weighted by Crippen LogP contribution is 2.40. The second kappa shape index (κ2) is 8.86. The molecule has 1 fully saturated rings. The molecule has 1 aliphatic carbocycles. The molecule has 1 saturated carbocycles. The molecule has 5 rings (SSSR count). The molecule has 1 amide bonds. The zero-order chi connectivity index (χ0) is 24.9. The molecule has 0 spiro atoms. The van der Waals surface area contributed by atoms with Crippen molar-refractivity contribution < 1.29 is 9.18 Å². The average molecular weight is 497 g/mol. The first-order chi connectivity index (χ1) is 16.7. The smallest absolute Gasteiger partial charge is 0.269 e. The topological polar surface area (TPSA) is 119 Å². The van der Waals surface area contributed by atoms with Gasteiger partial charge in [-0.1, -0.05) is 17.7 Å². The molecule has 0 aliphatic heterocycles. The van der Waals surface area contributed by atoms with Crippen molar-refractivity contribution in [3.05, 3.63) is 82.8 Å². The SMILES string of the molecule is CC(NC(=O)/C(N)=C/N(N)C(C)c1cn2cc(C3CC3)ccc2n1)c1ncn2ccc(Cl)c(F)c12. The highest BCUT2D eigenvalue weighted by Gasteiger charge is 2.24. The summed E-state index contributed by atoms with van der Waals surface area (Å²) in [7, 11) is 0. The van der Waals surface area contributed by atoms with Crippen LogP contribution in [-0.4, -0.2) is 29.7 Å². The molecule has 0 aromatic carbocycles. The molecule has 2 atom stereocenters. The molecule has 0 bridgehead atoms. The van der Waals surface area contributed by atoms with Gasteiger partial charge in [0, 0.05) is 24.8 Å². The van der Waals surface area contributed by atoms with Gasteiger partial charge >= 0.3 is 0 Å². The molecule has 0 radical (unpaired) electrons. The van der Waals surface area contributed by atoms with Crippen molar-refractivity contribution in [2.45, 2.75) is 44.7 Å². The Hall–Kier alpha value is -3.63. The first-order valence-corrected chi connectivity index (χ1v) is 11.7. The summed E-state index contributed by atoms with van der Waals surface area (Å²) in [5, 5.41) is 4.04. The van der Waals surface area contributed by atoms with E-state index in [0.717, 1.165) is 11.3 Å². The maximum Gasteiger partial charge on any atom is 0.269 e. The zero-order valence-corrected chi connectivity index (χ0v) is 20.1. The Labute approximate surface area is 206 Å². The first kappa shape index (κ1) is 23.1. The van der Waals surface area contributed by atoms with Crippen LogP contribution in [0.3, 0.4) is 0 Å². The monoisotopic (exact) mass is 496 g/mol. The van der Waals surface area contributed by atoms with Gasteiger partial charge in [0.15, 0.2) is 5.82 Å². The average Bonchev–Trinajstić information content (AvgIpc) is 3.45. The van der Waals surface area contributed by atoms with Crippen molar-refractivity contribution in [2.75, 3.05) is 0 Å². The number of halogens is 2. The number of imidazole rings is 2. The summed E-state index contributed by atoms with van der Waals surface area (Å²) in [5.74, 6) is 5.68. The molecule has 5 N–H and O–H groups in total. The highest BCUT2D eigenvalue weighted by atomic mass is 35.5. The third kappa shape index (κ3) is 4.42. The fourth-order valence-corrected chi connectivity index (χ4v) is 4.23. The molecule has 4 aromatic rings. The number of hydrogen-bond donors (Lipinski definition) is 3. The van der Waals surface area contributed by atoms with E-state index in [9.17, 15) is 9.18 Å². The van der Waals surface area contributed by atoms with E-state index in [1.807, 2.05) is 23.6 Å². The van der Waals surface area contributed by atoms with E-state index >= 15 is 0 Å². The molecule has 182 valence electrons. The molecule has 2 unspecified atom stereocenters. The van der Waals surface area contributed by atoms with Gasteiger partial charge in [-0.2, -0.15) is 0 Å². The molecule has 11 heteroatoms. The fraction of sp³-hybridized carbons (Fsp3) is 0.292. The summed E-state index contributed by atoms with van der Waals surface area (Å²) in [5.41, 5.74) is 9.32. The number of nitrogens with zero attached hydrogens (tertiary/aromatic N) is 5. The van der Waals surface area contributed by atoms with Gasteiger partial charge in [-0.05, 0) is 50.3 Å². The minimum Gasteiger partial charge on any atom is -0.393 e. The molecule has 1 aliphatic rings. The Bertz CT molecular complexity index is 1460. The summed E-state index contributed by atoms with van der Waals surface area (Å²) in [6, 6.07) is 4.58. The largest absolute Gasteiger partial charge is 0.393 e. The van der Waals surface area contributed by atoms with Crippen LogP contribution < -0.4 is 16.9 Å². The first-order valence-electron chi connectivity index (χ1n) is 11.3. The number of carbonyl (C=O) groups is 1. The van der Waals surface area contributed by atoms with Crippen LogP contribution in [0.5, 0.6) is 0 Å². The molecule has 4 heterocycles. The van der Waals surface area contributed by atoms with Crippen LogP contribution in [0, 0.1) is 5.82 Å². The number of rotatable bonds is 7. The highest BCUT2D eigenvalue weighted by molar-refractivity contribution is 6.31. The van der Waals surface area contributed by atoms with Crippen LogP contribution in [0.1, 0.15) is 61.6 Å². The predicted molar refractivity (Wildman–Crippen MR) is 131 cm³/mol. The van der Waals surface area contributed by atoms with Crippen LogP contribution in [-0.2, 0) is 4.79 Å². The van der Waals surface area contributed by atoms with Crippen molar-refractivity contribution in [1.29, 1.82) is 0 Å². The van der Waals surface area contributed by atoms with Crippen LogP contribution in [0.2, 0.25) is 5.02 Å². The van der Waals surface area contributed by atoms with Gasteiger partial charge in [0.05, 0.1) is 34.8 Å². The Balaban J connectivity index is 1.29. The second-order valence-electron chi connectivity index (χ2n) is 8.93. The number of pyridine rings is 2. The molecular formula is C24H26ClFN8O. The van der Waals surface area contributed by atoms with Crippen molar-refractivity contribution >= 4 is 28.7 Å². The van der Waals surface area contributed by atoms with Gasteiger partial charge in [-0.3, -0.25) is 4.79 Å². The molecule has 0 saturated heterocycles. The van der Waals surface area contributed by atoms with E-state index < -0.39 is 17.8 Å². The number of amides is 1. The normalized spacial score (nSPS) is 16.0. The van der Waals surface area contributed by atoms with Gasteiger partial charge in [0.1, 0.15) is 16.9 Å². The number of aromatic nitrogens is 4. The van der Waals surface area contributed by atoms with Gasteiger partial charge in [-0.25, -0.2) is 20.2 Å². The summed E-state index contributed by atoms with van der Waals surface area (Å²) in [6.07, 6.45) is 10.9. The number of fused-ring (bicyclic) bond motifs is 2. The van der Waals surface area contributed by atoms with E-state index in [2.05, 4.69) is 27.5 Å². The Morgan fingerprint density at radius 2 is 2.06 bits per heavy atom. The number of hydrazine groups is 1. The zero-order valence-electron chi connectivity index (χ0n) is 19.3. The number of nitrogens with one attached hydrogen (secondary N) is 1. The molecule has 9 nitrogen and oxygen atoms in total. The second-order valence-corrected chi connectivity index (χ2v) is 9.34. The van der Waals surface area contributed by atoms with Crippen molar-refractivity contribution in [3.63, 3.8) is 0 Å². The van der Waals surface area contributed by atoms with Crippen molar-refractivity contribution in [3.8, 4) is 0 Å². The Kier molecular flexibility index (Phi) is 5.86. The molecular weight excluding hydrogens is 471 g/mol. The molecule has 35 heavy (non-hydrogen) atoms. The van der Waals surface area contributed by atoms with Gasteiger partial charge < -0.3 is 24.9 Å². The van der Waals surface area contributed by atoms with Crippen LogP contribution in [0.4, 0.5) is 4.39 Å². The minimum atomic E-state index is -0.629. The van der Waals surface area contributed by atoms with Gasteiger partial charge in [0.25, 0.3) is 5.91 Å². The minimum absolute atomic E-state index is 0.0272. The Morgan fingerprint density at radius 1 is 1.29 bits per heavy atom. The lowest BCUT2D eigenvalue weighted by Gasteiger charge is -2.21. The van der Waals surface area contributed by atoms with E-state index in [-0.39, 0.29) is 22.3 Å². The summed E-state index contributed by atoms with van der Waals surface area (Å²) >= 11 is 5.91. The lowest BCUT2D eigenvalue weighted by atomic mass is 10.2. The van der Waals surface area contributed by atoms with Crippen molar-refractivity contribution in [1.82, 2.24) is 29.1 Å². The quantitative estimate of drug-likeness (QED) is 0.204. The number of nitrogens with two attached hydrogens (primary N) is 2. The molecule has 4 aromatic heterocycles. The number of hydrogen-bond acceptors (Lipinski definition) is 6. The Morgan fingerprint density at radius 3 is 2.80 bits per heavy atom. The predicted octanol–water partition coefficient (Wildman–Crippen LogP) is 3.57. The maximum absolute atomic E-state index is 14.5. The summed E-state index contributed by atoms with van der Waals surface area (Å²) in [4.78, 5) is 21.6. The standard InChI is InChI=1S/C24H26ClFN8O/c1-13(22-23-21(26)17(25)7-8-32(23)12-29-22)30-24(35)18(27)10-34(28)14(2)19-11-33-9-16(15-3-4-15)5-6-20(33)31-19/h5-15H,3-4,27-28H2,1-2H3,(H,30,35)/b18-10-. The third-order valence-electron chi connectivity index (χ3n) is 6.35. The van der Waals surface area contributed by atoms with E-state index in [0.29, 0.717) is 11.6 Å². The maximum atomic E-state index is 14.5. The lowest BCUT2D eigenvalue weighted by Crippen LogP contribution is -2.35. The fourth-order valence-electron chi connectivity index (χ4n) is 4.08. The van der Waals surface area contributed by atoms with Crippen LogP contribution in [0.15, 0.2) is 55.0 Å². The van der Waals surface area contributed by atoms with E-state index in [1.54, 1.807) is 13.1 Å².